The average Bonchev–Trinajstić information content (AvgIpc) is 3.59. The normalized spacial score (nSPS) is 42.5. The Morgan fingerprint density at radius 1 is 0.438 bits per heavy atom. The molecule has 5 aliphatic rings. The van der Waals surface area contributed by atoms with Crippen molar-refractivity contribution in [3.05, 3.63) is 50.6 Å². The van der Waals surface area contributed by atoms with Gasteiger partial charge in [-0.25, -0.2) is 0 Å². The van der Waals surface area contributed by atoms with E-state index in [1.807, 2.05) is 0 Å². The van der Waals surface area contributed by atoms with Gasteiger partial charge in [-0.3, -0.25) is 0 Å². The van der Waals surface area contributed by atoms with Crippen molar-refractivity contribution < 1.29 is 16.5 Å². The lowest BCUT2D eigenvalue weighted by Crippen LogP contribution is -2.70. The van der Waals surface area contributed by atoms with Gasteiger partial charge in [-0.2, -0.15) is 0 Å². The molecule has 4 nitrogen and oxygen atoms in total. The summed E-state index contributed by atoms with van der Waals surface area (Å²) in [4.78, 5) is 0. The molecule has 1 aliphatic heterocycles. The molecule has 0 N–H and O–H groups in total. The zero-order valence-corrected chi connectivity index (χ0v) is 23.6. The van der Waals surface area contributed by atoms with Crippen LogP contribution < -0.4 is 0 Å². The van der Waals surface area contributed by atoms with Crippen molar-refractivity contribution in [2.24, 2.45) is 0 Å². The summed E-state index contributed by atoms with van der Waals surface area (Å²) in [6.07, 6.45) is 17.9. The van der Waals surface area contributed by atoms with Crippen LogP contribution in [0.15, 0.2) is 50.6 Å². The Bertz CT molecular complexity index is 634. The van der Waals surface area contributed by atoms with Crippen LogP contribution in [0, 0.1) is 0 Å². The van der Waals surface area contributed by atoms with Crippen LogP contribution in [0.1, 0.15) is 51.4 Å². The summed E-state index contributed by atoms with van der Waals surface area (Å²) < 4.78 is 30.3. The van der Waals surface area contributed by atoms with E-state index in [2.05, 4.69) is 50.6 Å². The highest BCUT2D eigenvalue weighted by Gasteiger charge is 2.71. The van der Waals surface area contributed by atoms with Gasteiger partial charge < -0.3 is 16.5 Å². The molecule has 0 aromatic rings. The van der Waals surface area contributed by atoms with Crippen molar-refractivity contribution in [3.8, 4) is 0 Å². The fourth-order valence-corrected chi connectivity index (χ4v) is 32.5. The van der Waals surface area contributed by atoms with Crippen molar-refractivity contribution in [2.75, 3.05) is 0 Å². The lowest BCUT2D eigenvalue weighted by atomic mass is 10.8. The fourth-order valence-electron chi connectivity index (χ4n) is 5.82. The first-order valence-electron chi connectivity index (χ1n) is 12.7. The summed E-state index contributed by atoms with van der Waals surface area (Å²) in [6.45, 7) is 16.6. The van der Waals surface area contributed by atoms with E-state index < -0.39 is 34.2 Å². The molecule has 4 aliphatic carbocycles. The molecule has 1 heterocycles. The summed E-state index contributed by atoms with van der Waals surface area (Å²) in [5.41, 5.74) is 2.20. The van der Waals surface area contributed by atoms with Crippen LogP contribution in [-0.4, -0.2) is 34.2 Å². The SMILES string of the molecule is C=CC[Si]1(C2CC2)O[Si](CC=C)(C2CC2)O[Si](CC=C)(C2CC2)O[Si](CC=C)(C2CC2)O1. The lowest BCUT2D eigenvalue weighted by molar-refractivity contribution is 0.209. The smallest absolute Gasteiger partial charge is 0.327 e. The Hall–Kier alpha value is -0.332. The van der Waals surface area contributed by atoms with Gasteiger partial charge in [0.1, 0.15) is 0 Å². The number of hydrogen-bond acceptors (Lipinski definition) is 4. The van der Waals surface area contributed by atoms with Crippen LogP contribution in [0.25, 0.3) is 0 Å². The van der Waals surface area contributed by atoms with Gasteiger partial charge in [0.15, 0.2) is 0 Å². The molecular formula is C24H40O4Si4. The quantitative estimate of drug-likeness (QED) is 0.207. The van der Waals surface area contributed by atoms with Gasteiger partial charge >= 0.3 is 34.2 Å². The first-order chi connectivity index (χ1) is 15.5. The molecule has 1 saturated heterocycles. The van der Waals surface area contributed by atoms with E-state index in [0.717, 1.165) is 24.2 Å². The minimum atomic E-state index is -2.57. The molecule has 0 radical (unpaired) electrons. The number of hydrogen-bond donors (Lipinski definition) is 0. The van der Waals surface area contributed by atoms with Gasteiger partial charge in [-0.15, -0.1) is 26.3 Å². The van der Waals surface area contributed by atoms with Gasteiger partial charge in [0, 0.05) is 46.3 Å². The van der Waals surface area contributed by atoms with Crippen LogP contribution >= 0.6 is 0 Å². The molecule has 0 atom stereocenters. The van der Waals surface area contributed by atoms with E-state index in [1.54, 1.807) is 0 Å². The molecule has 0 unspecified atom stereocenters. The monoisotopic (exact) mass is 504 g/mol. The first-order valence-corrected chi connectivity index (χ1v) is 21.1. The molecule has 0 spiro atoms. The summed E-state index contributed by atoms with van der Waals surface area (Å²) in [7, 11) is -10.3. The standard InChI is InChI=1S/C24H40O4Si4/c1-5-17-29(21-9-10-21)25-30(18-6-2,22-11-12-22)27-32(20-8-4,24-15-16-24)28-31(26-29,19-7-3)23-13-14-23/h5-8,21-24H,1-4,9-20H2. The van der Waals surface area contributed by atoms with Crippen molar-refractivity contribution in [1.29, 1.82) is 0 Å². The van der Waals surface area contributed by atoms with Crippen molar-refractivity contribution in [1.82, 2.24) is 0 Å². The zero-order valence-electron chi connectivity index (χ0n) is 19.6. The number of allylic oxidation sites excluding steroid dienone is 4. The van der Waals surface area contributed by atoms with Gasteiger partial charge in [-0.05, 0) is 51.4 Å². The number of rotatable bonds is 12. The van der Waals surface area contributed by atoms with Gasteiger partial charge in [0.25, 0.3) is 0 Å². The van der Waals surface area contributed by atoms with Gasteiger partial charge in [-0.1, -0.05) is 24.3 Å². The molecule has 176 valence electrons. The second kappa shape index (κ2) is 8.71. The minimum Gasteiger partial charge on any atom is -0.415 e. The van der Waals surface area contributed by atoms with E-state index in [1.165, 1.54) is 51.4 Å². The third kappa shape index (κ3) is 4.26. The van der Waals surface area contributed by atoms with Gasteiger partial charge in [0.2, 0.25) is 0 Å². The summed E-state index contributed by atoms with van der Waals surface area (Å²) in [6, 6.07) is 3.39. The Kier molecular flexibility index (Phi) is 6.37. The third-order valence-corrected chi connectivity index (χ3v) is 29.7. The summed E-state index contributed by atoms with van der Waals surface area (Å²) in [5.74, 6) is 0. The molecular weight excluding hydrogens is 465 g/mol. The predicted octanol–water partition coefficient (Wildman–Crippen LogP) is 7.24. The Morgan fingerprint density at radius 3 is 0.750 bits per heavy atom. The van der Waals surface area contributed by atoms with Crippen molar-refractivity contribution >= 4 is 34.2 Å². The second-order valence-corrected chi connectivity index (χ2v) is 25.4. The molecule has 5 fully saturated rings. The van der Waals surface area contributed by atoms with E-state index >= 15 is 0 Å². The third-order valence-electron chi connectivity index (χ3n) is 7.89. The maximum Gasteiger partial charge on any atom is 0.327 e. The summed E-state index contributed by atoms with van der Waals surface area (Å²) >= 11 is 0. The molecule has 0 bridgehead atoms. The van der Waals surface area contributed by atoms with E-state index in [-0.39, 0.29) is 0 Å². The van der Waals surface area contributed by atoms with Crippen molar-refractivity contribution in [3.63, 3.8) is 0 Å². The molecule has 0 amide bonds. The highest BCUT2D eigenvalue weighted by molar-refractivity contribution is 6.97. The highest BCUT2D eigenvalue weighted by atomic mass is 28.5. The Morgan fingerprint density at radius 2 is 0.625 bits per heavy atom. The van der Waals surface area contributed by atoms with E-state index in [9.17, 15) is 0 Å². The zero-order chi connectivity index (χ0) is 22.5. The van der Waals surface area contributed by atoms with Gasteiger partial charge in [0.05, 0.1) is 0 Å². The van der Waals surface area contributed by atoms with Crippen LogP contribution in [0.3, 0.4) is 0 Å². The Balaban J connectivity index is 1.65. The van der Waals surface area contributed by atoms with Crippen LogP contribution in [0.4, 0.5) is 0 Å². The predicted molar refractivity (Wildman–Crippen MR) is 139 cm³/mol. The highest BCUT2D eigenvalue weighted by Crippen LogP contribution is 2.63. The minimum absolute atomic E-state index is 0.549. The van der Waals surface area contributed by atoms with Crippen LogP contribution in [0.2, 0.25) is 46.3 Å². The lowest BCUT2D eigenvalue weighted by Gasteiger charge is -2.54. The molecule has 4 saturated carbocycles. The second-order valence-electron chi connectivity index (χ2n) is 10.7. The van der Waals surface area contributed by atoms with Crippen molar-refractivity contribution in [2.45, 2.75) is 97.7 Å². The maximum atomic E-state index is 7.57. The molecule has 8 heteroatoms. The topological polar surface area (TPSA) is 36.9 Å². The molecule has 32 heavy (non-hydrogen) atoms. The van der Waals surface area contributed by atoms with Crippen LogP contribution in [-0.2, 0) is 16.5 Å². The van der Waals surface area contributed by atoms with Crippen LogP contribution in [0.5, 0.6) is 0 Å². The maximum absolute atomic E-state index is 7.57. The first kappa shape index (κ1) is 23.4. The fraction of sp³-hybridized carbons (Fsp3) is 0.667. The summed E-state index contributed by atoms with van der Waals surface area (Å²) in [5, 5.41) is 0. The molecule has 0 aromatic heterocycles. The molecule has 5 rings (SSSR count). The van der Waals surface area contributed by atoms with E-state index in [4.69, 9.17) is 16.5 Å². The Labute approximate surface area is 198 Å². The average molecular weight is 505 g/mol. The van der Waals surface area contributed by atoms with E-state index in [0.29, 0.717) is 22.2 Å². The molecule has 0 aromatic carbocycles. The largest absolute Gasteiger partial charge is 0.415 e.